The largest absolute Gasteiger partial charge is 0.480 e. The van der Waals surface area contributed by atoms with E-state index in [-0.39, 0.29) is 22.8 Å². The molecule has 0 heterocycles. The highest BCUT2D eigenvalue weighted by atomic mass is 16.5. The number of ether oxygens (including phenoxy) is 1. The maximum absolute atomic E-state index is 12.9. The van der Waals surface area contributed by atoms with E-state index in [1.807, 2.05) is 6.92 Å². The molecule has 0 aliphatic heterocycles. The van der Waals surface area contributed by atoms with Crippen LogP contribution in [0, 0.1) is 6.42 Å². The van der Waals surface area contributed by atoms with Crippen molar-refractivity contribution in [3.63, 3.8) is 0 Å². The summed E-state index contributed by atoms with van der Waals surface area (Å²) in [6.45, 7) is 15.6. The summed E-state index contributed by atoms with van der Waals surface area (Å²) in [7, 11) is 0. The summed E-state index contributed by atoms with van der Waals surface area (Å²) in [5.41, 5.74) is 2.64. The van der Waals surface area contributed by atoms with E-state index in [1.54, 1.807) is 0 Å². The SMILES string of the molecule is CCC(Oc1ccc(C(C)(C)CC)cc1C(C)(C)CC)C(=O)NC1[CH]CCCC1. The molecule has 29 heavy (non-hydrogen) atoms. The zero-order valence-electron chi connectivity index (χ0n) is 19.7. The van der Waals surface area contributed by atoms with Gasteiger partial charge in [-0.3, -0.25) is 4.79 Å². The smallest absolute Gasteiger partial charge is 0.261 e. The molecule has 1 aromatic carbocycles. The quantitative estimate of drug-likeness (QED) is 0.515. The van der Waals surface area contributed by atoms with Gasteiger partial charge in [0, 0.05) is 11.6 Å². The Morgan fingerprint density at radius 3 is 2.34 bits per heavy atom. The fraction of sp³-hybridized carbons (Fsp3) is 0.692. The average molecular weight is 401 g/mol. The lowest BCUT2D eigenvalue weighted by atomic mass is 9.76. The van der Waals surface area contributed by atoms with E-state index in [0.29, 0.717) is 6.42 Å². The number of carbonyl (C=O) groups excluding carboxylic acids is 1. The van der Waals surface area contributed by atoms with Crippen molar-refractivity contribution in [2.24, 2.45) is 0 Å². The van der Waals surface area contributed by atoms with E-state index < -0.39 is 6.10 Å². The lowest BCUT2D eigenvalue weighted by Gasteiger charge is -2.32. The monoisotopic (exact) mass is 400 g/mol. The van der Waals surface area contributed by atoms with E-state index in [9.17, 15) is 4.79 Å². The van der Waals surface area contributed by atoms with E-state index in [2.05, 4.69) is 71.5 Å². The van der Waals surface area contributed by atoms with E-state index in [0.717, 1.165) is 31.4 Å². The van der Waals surface area contributed by atoms with Crippen LogP contribution in [0.5, 0.6) is 5.75 Å². The molecule has 2 unspecified atom stereocenters. The molecule has 1 N–H and O–H groups in total. The van der Waals surface area contributed by atoms with Gasteiger partial charge in [-0.25, -0.2) is 0 Å². The van der Waals surface area contributed by atoms with Crippen LogP contribution in [0.1, 0.15) is 105 Å². The molecule has 2 rings (SSSR count). The minimum absolute atomic E-state index is 0.00821. The fourth-order valence-electron chi connectivity index (χ4n) is 3.80. The molecule has 0 bridgehead atoms. The van der Waals surface area contributed by atoms with Crippen LogP contribution >= 0.6 is 0 Å². The van der Waals surface area contributed by atoms with Crippen molar-refractivity contribution in [3.05, 3.63) is 35.7 Å². The second-order valence-electron chi connectivity index (χ2n) is 9.84. The summed E-state index contributed by atoms with van der Waals surface area (Å²) in [5.74, 6) is 0.857. The summed E-state index contributed by atoms with van der Waals surface area (Å²) >= 11 is 0. The minimum atomic E-state index is -0.457. The highest BCUT2D eigenvalue weighted by molar-refractivity contribution is 5.81. The molecule has 1 aliphatic rings. The molecular formula is C26H42NO2. The number of carbonyl (C=O) groups is 1. The predicted octanol–water partition coefficient (Wildman–Crippen LogP) is 6.48. The summed E-state index contributed by atoms with van der Waals surface area (Å²) in [6.07, 6.45) is 9.08. The van der Waals surface area contributed by atoms with Crippen molar-refractivity contribution in [2.75, 3.05) is 0 Å². The number of hydrogen-bond donors (Lipinski definition) is 1. The Balaban J connectivity index is 2.27. The van der Waals surface area contributed by atoms with Crippen molar-refractivity contribution in [3.8, 4) is 5.75 Å². The lowest BCUT2D eigenvalue weighted by molar-refractivity contribution is -0.128. The summed E-state index contributed by atoms with van der Waals surface area (Å²) in [4.78, 5) is 12.9. The number of nitrogens with one attached hydrogen (secondary N) is 1. The summed E-state index contributed by atoms with van der Waals surface area (Å²) in [5, 5.41) is 3.19. The Kier molecular flexibility index (Phi) is 8.19. The highest BCUT2D eigenvalue weighted by Gasteiger charge is 2.29. The maximum atomic E-state index is 12.9. The molecule has 3 nitrogen and oxygen atoms in total. The predicted molar refractivity (Wildman–Crippen MR) is 122 cm³/mol. The highest BCUT2D eigenvalue weighted by Crippen LogP contribution is 2.39. The van der Waals surface area contributed by atoms with Gasteiger partial charge in [0.05, 0.1) is 0 Å². The van der Waals surface area contributed by atoms with Gasteiger partial charge in [0.25, 0.3) is 5.91 Å². The molecular weight excluding hydrogens is 358 g/mol. The Hall–Kier alpha value is -1.51. The molecule has 1 fully saturated rings. The third kappa shape index (κ3) is 5.99. The van der Waals surface area contributed by atoms with Gasteiger partial charge < -0.3 is 10.1 Å². The molecule has 0 aromatic heterocycles. The van der Waals surface area contributed by atoms with Crippen molar-refractivity contribution < 1.29 is 9.53 Å². The van der Waals surface area contributed by atoms with Crippen LogP contribution in [0.4, 0.5) is 0 Å². The van der Waals surface area contributed by atoms with Gasteiger partial charge in [-0.05, 0) is 61.0 Å². The second-order valence-corrected chi connectivity index (χ2v) is 9.84. The van der Waals surface area contributed by atoms with Crippen molar-refractivity contribution in [1.82, 2.24) is 5.32 Å². The van der Waals surface area contributed by atoms with Gasteiger partial charge in [-0.15, -0.1) is 0 Å². The molecule has 2 atom stereocenters. The first-order valence-corrected chi connectivity index (χ1v) is 11.6. The van der Waals surface area contributed by atoms with Crippen molar-refractivity contribution in [2.45, 2.75) is 116 Å². The van der Waals surface area contributed by atoms with Gasteiger partial charge in [0.2, 0.25) is 0 Å². The molecule has 163 valence electrons. The number of rotatable bonds is 9. The summed E-state index contributed by atoms with van der Waals surface area (Å²) in [6, 6.07) is 6.76. The minimum Gasteiger partial charge on any atom is -0.480 e. The van der Waals surface area contributed by atoms with Gasteiger partial charge in [-0.2, -0.15) is 0 Å². The molecule has 1 amide bonds. The molecule has 1 radical (unpaired) electrons. The topological polar surface area (TPSA) is 38.3 Å². The maximum Gasteiger partial charge on any atom is 0.261 e. The molecule has 1 saturated carbocycles. The van der Waals surface area contributed by atoms with E-state index >= 15 is 0 Å². The molecule has 3 heteroatoms. The zero-order chi connectivity index (χ0) is 21.7. The van der Waals surface area contributed by atoms with E-state index in [1.165, 1.54) is 24.0 Å². The van der Waals surface area contributed by atoms with Crippen LogP contribution in [-0.4, -0.2) is 18.1 Å². The average Bonchev–Trinajstić information content (AvgIpc) is 2.72. The van der Waals surface area contributed by atoms with E-state index in [4.69, 9.17) is 4.74 Å². The Labute approximate surface area is 179 Å². The van der Waals surface area contributed by atoms with Crippen molar-refractivity contribution in [1.29, 1.82) is 0 Å². The van der Waals surface area contributed by atoms with Gasteiger partial charge in [-0.1, -0.05) is 73.4 Å². The molecule has 1 aliphatic carbocycles. The number of amides is 1. The van der Waals surface area contributed by atoms with Crippen LogP contribution in [0.25, 0.3) is 0 Å². The first kappa shape index (κ1) is 23.8. The van der Waals surface area contributed by atoms with Gasteiger partial charge in [0.15, 0.2) is 6.10 Å². The molecule has 0 saturated heterocycles. The Morgan fingerprint density at radius 2 is 1.79 bits per heavy atom. The van der Waals surface area contributed by atoms with Crippen LogP contribution in [0.3, 0.4) is 0 Å². The van der Waals surface area contributed by atoms with Crippen LogP contribution in [0.2, 0.25) is 0 Å². The van der Waals surface area contributed by atoms with Crippen LogP contribution in [-0.2, 0) is 15.6 Å². The normalized spacial score (nSPS) is 17.1. The molecule has 1 aromatic rings. The lowest BCUT2D eigenvalue weighted by Crippen LogP contribution is -2.44. The number of hydrogen-bond acceptors (Lipinski definition) is 2. The third-order valence-electron chi connectivity index (χ3n) is 6.94. The van der Waals surface area contributed by atoms with Crippen molar-refractivity contribution >= 4 is 5.91 Å². The third-order valence-corrected chi connectivity index (χ3v) is 6.94. The first-order chi connectivity index (χ1) is 13.6. The zero-order valence-corrected chi connectivity index (χ0v) is 19.7. The second kappa shape index (κ2) is 10.00. The fourth-order valence-corrected chi connectivity index (χ4v) is 3.80. The molecule has 0 spiro atoms. The summed E-state index contributed by atoms with van der Waals surface area (Å²) < 4.78 is 6.36. The number of benzene rings is 1. The van der Waals surface area contributed by atoms with Crippen LogP contribution in [0.15, 0.2) is 18.2 Å². The first-order valence-electron chi connectivity index (χ1n) is 11.6. The Morgan fingerprint density at radius 1 is 1.10 bits per heavy atom. The van der Waals surface area contributed by atoms with Crippen LogP contribution < -0.4 is 10.1 Å². The standard InChI is InChI=1S/C26H42NO2/c1-8-22(24(28)27-20-14-12-11-13-15-20)29-23-17-16-19(25(4,5)9-2)18-21(23)26(6,7)10-3/h14,16-18,20,22H,8-13,15H2,1-7H3,(H,27,28). The Bertz CT molecular complexity index is 671. The van der Waals surface area contributed by atoms with Gasteiger partial charge >= 0.3 is 0 Å². The van der Waals surface area contributed by atoms with Gasteiger partial charge in [0.1, 0.15) is 5.75 Å².